The number of amides is 1. The third-order valence-corrected chi connectivity index (χ3v) is 3.01. The maximum atomic E-state index is 13.6. The third kappa shape index (κ3) is 4.31. The second kappa shape index (κ2) is 7.24. The summed E-state index contributed by atoms with van der Waals surface area (Å²) in [4.78, 5) is 13.7. The molecular weight excluding hydrogens is 245 g/mol. The number of benzene rings is 1. The number of carbonyl (C=O) groups excluding carboxylic acids is 1. The van der Waals surface area contributed by atoms with Crippen molar-refractivity contribution >= 4 is 5.91 Å². The Balaban J connectivity index is 2.84. The molecule has 1 N–H and O–H groups in total. The molecule has 4 heteroatoms. The molecule has 1 unspecified atom stereocenters. The van der Waals surface area contributed by atoms with Gasteiger partial charge in [0, 0.05) is 18.7 Å². The molecule has 0 spiro atoms. The van der Waals surface area contributed by atoms with E-state index in [1.54, 1.807) is 32.0 Å². The van der Waals surface area contributed by atoms with Crippen LogP contribution >= 0.6 is 0 Å². The van der Waals surface area contributed by atoms with Crippen molar-refractivity contribution in [2.24, 2.45) is 5.92 Å². The van der Waals surface area contributed by atoms with Crippen LogP contribution in [0.2, 0.25) is 0 Å². The van der Waals surface area contributed by atoms with Crippen LogP contribution in [0.5, 0.6) is 0 Å². The van der Waals surface area contributed by atoms with Gasteiger partial charge >= 0.3 is 0 Å². The van der Waals surface area contributed by atoms with Gasteiger partial charge < -0.3 is 10.0 Å². The van der Waals surface area contributed by atoms with Crippen LogP contribution in [0.4, 0.5) is 4.39 Å². The first-order chi connectivity index (χ1) is 8.97. The van der Waals surface area contributed by atoms with Crippen LogP contribution in [-0.4, -0.2) is 28.6 Å². The second-order valence-electron chi connectivity index (χ2n) is 5.04. The fourth-order valence-electron chi connectivity index (χ4n) is 1.84. The third-order valence-electron chi connectivity index (χ3n) is 3.01. The highest BCUT2D eigenvalue weighted by atomic mass is 19.1. The fourth-order valence-corrected chi connectivity index (χ4v) is 1.84. The summed E-state index contributed by atoms with van der Waals surface area (Å²) in [5.41, 5.74) is 0.472. The summed E-state index contributed by atoms with van der Waals surface area (Å²) in [7, 11) is 0. The first-order valence-electron chi connectivity index (χ1n) is 6.67. The Labute approximate surface area is 114 Å². The number of hydrogen-bond acceptors (Lipinski definition) is 2. The summed E-state index contributed by atoms with van der Waals surface area (Å²) in [6.45, 7) is 6.23. The molecule has 3 nitrogen and oxygen atoms in total. The van der Waals surface area contributed by atoms with Crippen molar-refractivity contribution in [3.05, 3.63) is 35.6 Å². The lowest BCUT2D eigenvalue weighted by Crippen LogP contribution is -2.41. The smallest absolute Gasteiger partial charge is 0.251 e. The second-order valence-corrected chi connectivity index (χ2v) is 5.04. The van der Waals surface area contributed by atoms with Crippen molar-refractivity contribution in [1.82, 2.24) is 4.90 Å². The van der Waals surface area contributed by atoms with Crippen LogP contribution in [0.25, 0.3) is 0 Å². The molecule has 0 aromatic heterocycles. The lowest BCUT2D eigenvalue weighted by Gasteiger charge is -2.26. The molecule has 0 aliphatic rings. The Kier molecular flexibility index (Phi) is 5.96. The lowest BCUT2D eigenvalue weighted by molar-refractivity contribution is -0.143. The molecule has 1 amide bonds. The molecule has 1 rings (SSSR count). The van der Waals surface area contributed by atoms with E-state index in [1.807, 2.05) is 6.92 Å². The molecule has 0 heterocycles. The number of aliphatic hydroxyl groups is 1. The van der Waals surface area contributed by atoms with Crippen molar-refractivity contribution in [2.45, 2.75) is 39.8 Å². The average Bonchev–Trinajstić information content (AvgIpc) is 2.38. The summed E-state index contributed by atoms with van der Waals surface area (Å²) >= 11 is 0. The average molecular weight is 267 g/mol. The molecule has 0 aliphatic heterocycles. The number of rotatable bonds is 6. The van der Waals surface area contributed by atoms with E-state index in [9.17, 15) is 14.3 Å². The predicted octanol–water partition coefficient (Wildman–Crippen LogP) is 2.58. The van der Waals surface area contributed by atoms with Gasteiger partial charge in [-0.25, -0.2) is 4.39 Å². The normalized spacial score (nSPS) is 12.5. The maximum Gasteiger partial charge on any atom is 0.251 e. The highest BCUT2D eigenvalue weighted by molar-refractivity contribution is 5.80. The summed E-state index contributed by atoms with van der Waals surface area (Å²) in [5, 5.41) is 9.85. The van der Waals surface area contributed by atoms with E-state index in [0.29, 0.717) is 12.1 Å². The zero-order chi connectivity index (χ0) is 14.4. The highest BCUT2D eigenvalue weighted by Crippen LogP contribution is 2.13. The van der Waals surface area contributed by atoms with Crippen LogP contribution < -0.4 is 0 Å². The quantitative estimate of drug-likeness (QED) is 0.860. The van der Waals surface area contributed by atoms with Crippen molar-refractivity contribution in [1.29, 1.82) is 0 Å². The fraction of sp³-hybridized carbons (Fsp3) is 0.533. The molecule has 19 heavy (non-hydrogen) atoms. The van der Waals surface area contributed by atoms with Gasteiger partial charge in [-0.1, -0.05) is 39.0 Å². The summed E-state index contributed by atoms with van der Waals surface area (Å²) in [6.07, 6.45) is -0.260. The minimum Gasteiger partial charge on any atom is -0.383 e. The molecule has 0 fully saturated rings. The van der Waals surface area contributed by atoms with Gasteiger partial charge in [-0.3, -0.25) is 4.79 Å². The van der Waals surface area contributed by atoms with Gasteiger partial charge in [-0.15, -0.1) is 0 Å². The maximum absolute atomic E-state index is 13.6. The van der Waals surface area contributed by atoms with E-state index < -0.39 is 6.10 Å². The number of carbonyl (C=O) groups is 1. The van der Waals surface area contributed by atoms with Crippen LogP contribution in [0.1, 0.15) is 32.8 Å². The molecule has 0 radical (unpaired) electrons. The number of aliphatic hydroxyl groups excluding tert-OH is 1. The standard InChI is InChI=1S/C15H22FNO2/c1-4-9-17(15(19)14(18)11(2)3)10-12-7-5-6-8-13(12)16/h5-8,11,14,18H,4,9-10H2,1-3H3. The van der Waals surface area contributed by atoms with E-state index in [0.717, 1.165) is 6.42 Å². The Bertz CT molecular complexity index is 420. The van der Waals surface area contributed by atoms with E-state index in [-0.39, 0.29) is 24.2 Å². The van der Waals surface area contributed by atoms with Gasteiger partial charge in [0.05, 0.1) is 0 Å². The summed E-state index contributed by atoms with van der Waals surface area (Å²) in [6, 6.07) is 6.40. The SMILES string of the molecule is CCCN(Cc1ccccc1F)C(=O)C(O)C(C)C. The molecule has 1 aromatic carbocycles. The molecular formula is C15H22FNO2. The van der Waals surface area contributed by atoms with E-state index >= 15 is 0 Å². The Morgan fingerprint density at radius 1 is 1.37 bits per heavy atom. The van der Waals surface area contributed by atoms with Crippen molar-refractivity contribution in [2.75, 3.05) is 6.54 Å². The minimum absolute atomic E-state index is 0.146. The van der Waals surface area contributed by atoms with Crippen molar-refractivity contribution in [3.8, 4) is 0 Å². The summed E-state index contributed by atoms with van der Waals surface area (Å²) < 4.78 is 13.6. The van der Waals surface area contributed by atoms with Gasteiger partial charge in [0.25, 0.3) is 5.91 Å². The molecule has 1 atom stereocenters. The van der Waals surface area contributed by atoms with Crippen LogP contribution in [0.15, 0.2) is 24.3 Å². The number of halogens is 1. The van der Waals surface area contributed by atoms with E-state index in [4.69, 9.17) is 0 Å². The van der Waals surface area contributed by atoms with Crippen molar-refractivity contribution in [3.63, 3.8) is 0 Å². The van der Waals surface area contributed by atoms with Crippen molar-refractivity contribution < 1.29 is 14.3 Å². The van der Waals surface area contributed by atoms with Crippen LogP contribution in [0.3, 0.4) is 0 Å². The Morgan fingerprint density at radius 3 is 2.53 bits per heavy atom. The number of hydrogen-bond donors (Lipinski definition) is 1. The van der Waals surface area contributed by atoms with Crippen LogP contribution in [-0.2, 0) is 11.3 Å². The zero-order valence-electron chi connectivity index (χ0n) is 11.8. The predicted molar refractivity (Wildman–Crippen MR) is 73.0 cm³/mol. The first kappa shape index (κ1) is 15.6. The molecule has 1 aromatic rings. The summed E-state index contributed by atoms with van der Waals surface area (Å²) in [5.74, 6) is -0.803. The number of nitrogens with zero attached hydrogens (tertiary/aromatic N) is 1. The monoisotopic (exact) mass is 267 g/mol. The Hall–Kier alpha value is -1.42. The molecule has 0 aliphatic carbocycles. The first-order valence-corrected chi connectivity index (χ1v) is 6.67. The highest BCUT2D eigenvalue weighted by Gasteiger charge is 2.24. The van der Waals surface area contributed by atoms with Gasteiger partial charge in [0.15, 0.2) is 0 Å². The van der Waals surface area contributed by atoms with Gasteiger partial charge in [-0.05, 0) is 18.4 Å². The Morgan fingerprint density at radius 2 is 2.00 bits per heavy atom. The zero-order valence-corrected chi connectivity index (χ0v) is 11.8. The largest absolute Gasteiger partial charge is 0.383 e. The van der Waals surface area contributed by atoms with Crippen LogP contribution in [0, 0.1) is 11.7 Å². The molecule has 106 valence electrons. The minimum atomic E-state index is -1.03. The van der Waals surface area contributed by atoms with E-state index in [1.165, 1.54) is 11.0 Å². The van der Waals surface area contributed by atoms with E-state index in [2.05, 4.69) is 0 Å². The van der Waals surface area contributed by atoms with Gasteiger partial charge in [0.1, 0.15) is 11.9 Å². The molecule has 0 bridgehead atoms. The topological polar surface area (TPSA) is 40.5 Å². The molecule has 0 saturated heterocycles. The van der Waals surface area contributed by atoms with Gasteiger partial charge in [0.2, 0.25) is 0 Å². The lowest BCUT2D eigenvalue weighted by atomic mass is 10.1. The molecule has 0 saturated carbocycles. The van der Waals surface area contributed by atoms with Gasteiger partial charge in [-0.2, -0.15) is 0 Å².